The van der Waals surface area contributed by atoms with Crippen LogP contribution in [0.1, 0.15) is 39.1 Å². The minimum Gasteiger partial charge on any atom is -0.497 e. The Morgan fingerprint density at radius 2 is 1.91 bits per heavy atom. The summed E-state index contributed by atoms with van der Waals surface area (Å²) < 4.78 is 16.3. The van der Waals surface area contributed by atoms with Crippen molar-refractivity contribution in [1.29, 1.82) is 0 Å². The molecule has 1 saturated heterocycles. The maximum absolute atomic E-state index is 13.7. The first-order valence-corrected chi connectivity index (χ1v) is 12.1. The van der Waals surface area contributed by atoms with E-state index >= 15 is 0 Å². The molecule has 3 aromatic carbocycles. The van der Waals surface area contributed by atoms with E-state index in [0.29, 0.717) is 30.0 Å². The number of nitrogens with zero attached hydrogens (tertiary/aromatic N) is 1. The molecule has 2 aliphatic rings. The predicted octanol–water partition coefficient (Wildman–Crippen LogP) is 5.34. The number of esters is 1. The van der Waals surface area contributed by atoms with Gasteiger partial charge in [-0.15, -0.1) is 0 Å². The molecular formula is C27H25NO5S. The highest BCUT2D eigenvalue weighted by Gasteiger charge is 2.28. The quantitative estimate of drug-likeness (QED) is 0.448. The topological polar surface area (TPSA) is 65.1 Å². The van der Waals surface area contributed by atoms with E-state index < -0.39 is 5.97 Å². The maximum Gasteiger partial charge on any atom is 0.338 e. The molecule has 0 aliphatic carbocycles. The number of ether oxygens (including phenoxy) is 3. The van der Waals surface area contributed by atoms with Crippen LogP contribution in [0.2, 0.25) is 0 Å². The average molecular weight is 476 g/mol. The van der Waals surface area contributed by atoms with Gasteiger partial charge >= 0.3 is 5.97 Å². The van der Waals surface area contributed by atoms with E-state index in [4.69, 9.17) is 14.2 Å². The van der Waals surface area contributed by atoms with Crippen LogP contribution >= 0.6 is 11.8 Å². The minimum atomic E-state index is -0.415. The van der Waals surface area contributed by atoms with Crippen LogP contribution < -0.4 is 9.64 Å². The van der Waals surface area contributed by atoms with Gasteiger partial charge in [0.25, 0.3) is 5.91 Å². The van der Waals surface area contributed by atoms with Crippen molar-refractivity contribution in [2.45, 2.75) is 35.3 Å². The molecular weight excluding hydrogens is 450 g/mol. The fourth-order valence-corrected chi connectivity index (χ4v) is 5.20. The Morgan fingerprint density at radius 3 is 2.68 bits per heavy atom. The molecule has 2 aliphatic heterocycles. The number of carbonyl (C=O) groups is 2. The number of rotatable bonds is 6. The van der Waals surface area contributed by atoms with E-state index in [9.17, 15) is 9.59 Å². The van der Waals surface area contributed by atoms with Crippen LogP contribution in [-0.2, 0) is 16.0 Å². The summed E-state index contributed by atoms with van der Waals surface area (Å²) in [5.41, 5.74) is 2.69. The van der Waals surface area contributed by atoms with Gasteiger partial charge in [-0.05, 0) is 60.9 Å². The van der Waals surface area contributed by atoms with E-state index in [0.717, 1.165) is 33.9 Å². The number of methoxy groups -OCH3 is 1. The van der Waals surface area contributed by atoms with Gasteiger partial charge in [-0.1, -0.05) is 36.0 Å². The molecule has 1 atom stereocenters. The van der Waals surface area contributed by atoms with Gasteiger partial charge < -0.3 is 19.1 Å². The molecule has 34 heavy (non-hydrogen) atoms. The third kappa shape index (κ3) is 4.67. The van der Waals surface area contributed by atoms with Gasteiger partial charge in [0.2, 0.25) is 0 Å². The lowest BCUT2D eigenvalue weighted by Gasteiger charge is -2.24. The van der Waals surface area contributed by atoms with Crippen LogP contribution in [0.15, 0.2) is 76.5 Å². The highest BCUT2D eigenvalue weighted by Crippen LogP contribution is 2.42. The summed E-state index contributed by atoms with van der Waals surface area (Å²) in [5.74, 6) is 0.230. The smallest absolute Gasteiger partial charge is 0.338 e. The molecule has 0 spiro atoms. The second-order valence-electron chi connectivity index (χ2n) is 8.25. The third-order valence-electron chi connectivity index (χ3n) is 5.99. The summed E-state index contributed by atoms with van der Waals surface area (Å²) in [7, 11) is 1.62. The van der Waals surface area contributed by atoms with Crippen molar-refractivity contribution >= 4 is 29.3 Å². The van der Waals surface area contributed by atoms with Crippen molar-refractivity contribution in [3.8, 4) is 5.75 Å². The Labute approximate surface area is 202 Å². The lowest BCUT2D eigenvalue weighted by atomic mass is 10.1. The van der Waals surface area contributed by atoms with E-state index in [2.05, 4.69) is 0 Å². The molecule has 0 aromatic heterocycles. The van der Waals surface area contributed by atoms with Crippen molar-refractivity contribution in [2.24, 2.45) is 0 Å². The lowest BCUT2D eigenvalue weighted by molar-refractivity contribution is 0.0161. The molecule has 0 bridgehead atoms. The van der Waals surface area contributed by atoms with Crippen LogP contribution in [-0.4, -0.2) is 38.3 Å². The van der Waals surface area contributed by atoms with Gasteiger partial charge in [-0.25, -0.2) is 4.79 Å². The van der Waals surface area contributed by atoms with Gasteiger partial charge in [0, 0.05) is 16.4 Å². The van der Waals surface area contributed by atoms with Crippen LogP contribution in [0.3, 0.4) is 0 Å². The molecule has 7 heteroatoms. The van der Waals surface area contributed by atoms with Crippen molar-refractivity contribution in [2.75, 3.05) is 25.2 Å². The number of amides is 1. The van der Waals surface area contributed by atoms with Crippen LogP contribution in [0.25, 0.3) is 0 Å². The molecule has 174 valence electrons. The summed E-state index contributed by atoms with van der Waals surface area (Å²) in [6.07, 6.45) is 1.85. The zero-order chi connectivity index (χ0) is 23.5. The van der Waals surface area contributed by atoms with Gasteiger partial charge in [0.1, 0.15) is 12.4 Å². The second kappa shape index (κ2) is 9.91. The molecule has 5 rings (SSSR count). The maximum atomic E-state index is 13.7. The van der Waals surface area contributed by atoms with Crippen molar-refractivity contribution in [1.82, 2.24) is 0 Å². The third-order valence-corrected chi connectivity index (χ3v) is 7.13. The Balaban J connectivity index is 1.48. The predicted molar refractivity (Wildman–Crippen MR) is 130 cm³/mol. The Hall–Kier alpha value is -3.29. The SMILES string of the molecule is COc1ccc(CN2C(=O)c3ccccc3Sc3ccc(C(=O)OC[C@@H]4CCCO4)cc32)cc1. The van der Waals surface area contributed by atoms with Crippen LogP contribution in [0, 0.1) is 0 Å². The molecule has 2 heterocycles. The average Bonchev–Trinajstić information content (AvgIpc) is 3.37. The van der Waals surface area contributed by atoms with Crippen molar-refractivity contribution < 1.29 is 23.8 Å². The largest absolute Gasteiger partial charge is 0.497 e. The Bertz CT molecular complexity index is 1200. The minimum absolute atomic E-state index is 0.0389. The summed E-state index contributed by atoms with van der Waals surface area (Å²) in [5, 5.41) is 0. The first kappa shape index (κ1) is 22.5. The zero-order valence-corrected chi connectivity index (χ0v) is 19.7. The zero-order valence-electron chi connectivity index (χ0n) is 18.9. The number of benzene rings is 3. The van der Waals surface area contributed by atoms with Gasteiger partial charge in [-0.3, -0.25) is 4.79 Å². The molecule has 1 fully saturated rings. The molecule has 3 aromatic rings. The Kier molecular flexibility index (Phi) is 6.56. The molecule has 0 N–H and O–H groups in total. The number of fused-ring (bicyclic) bond motifs is 2. The molecule has 0 unspecified atom stereocenters. The van der Waals surface area contributed by atoms with E-state index in [1.165, 1.54) is 11.8 Å². The monoisotopic (exact) mass is 475 g/mol. The van der Waals surface area contributed by atoms with Gasteiger partial charge in [0.15, 0.2) is 0 Å². The highest BCUT2D eigenvalue weighted by atomic mass is 32.2. The van der Waals surface area contributed by atoms with Gasteiger partial charge in [0.05, 0.1) is 36.6 Å². The Morgan fingerprint density at radius 1 is 1.09 bits per heavy atom. The number of hydrogen-bond acceptors (Lipinski definition) is 6. The summed E-state index contributed by atoms with van der Waals surface area (Å²) in [6, 6.07) is 20.6. The van der Waals surface area contributed by atoms with Crippen LogP contribution in [0.4, 0.5) is 5.69 Å². The number of hydrogen-bond donors (Lipinski definition) is 0. The van der Waals surface area contributed by atoms with Crippen LogP contribution in [0.5, 0.6) is 5.75 Å². The molecule has 6 nitrogen and oxygen atoms in total. The molecule has 0 radical (unpaired) electrons. The van der Waals surface area contributed by atoms with E-state index in [-0.39, 0.29) is 18.6 Å². The number of carbonyl (C=O) groups excluding carboxylic acids is 2. The summed E-state index contributed by atoms with van der Waals surface area (Å²) in [4.78, 5) is 30.0. The summed E-state index contributed by atoms with van der Waals surface area (Å²) in [6.45, 7) is 1.31. The summed E-state index contributed by atoms with van der Waals surface area (Å²) >= 11 is 1.53. The first-order valence-electron chi connectivity index (χ1n) is 11.3. The molecule has 1 amide bonds. The second-order valence-corrected chi connectivity index (χ2v) is 9.34. The highest BCUT2D eigenvalue weighted by molar-refractivity contribution is 7.99. The fourth-order valence-electron chi connectivity index (χ4n) is 4.15. The first-order chi connectivity index (χ1) is 16.6. The fraction of sp³-hybridized carbons (Fsp3) is 0.259. The standard InChI is InChI=1S/C27H25NO5S/c1-31-20-11-8-18(9-12-20)16-28-23-15-19(27(30)33-17-21-5-4-14-32-21)10-13-25(23)34-24-7-3-2-6-22(24)26(28)29/h2-3,6-13,15,21H,4-5,14,16-17H2,1H3/t21-/m0/s1. The van der Waals surface area contributed by atoms with E-state index in [1.54, 1.807) is 24.1 Å². The van der Waals surface area contributed by atoms with Crippen molar-refractivity contribution in [3.05, 3.63) is 83.4 Å². The lowest BCUT2D eigenvalue weighted by Crippen LogP contribution is -2.30. The van der Waals surface area contributed by atoms with E-state index in [1.807, 2.05) is 54.6 Å². The van der Waals surface area contributed by atoms with Crippen molar-refractivity contribution in [3.63, 3.8) is 0 Å². The molecule has 0 saturated carbocycles. The van der Waals surface area contributed by atoms with Gasteiger partial charge in [-0.2, -0.15) is 0 Å². The number of anilines is 1. The normalized spacial score (nSPS) is 17.0.